The Morgan fingerprint density at radius 1 is 1.02 bits per heavy atom. The molecule has 1 aliphatic heterocycles. The highest BCUT2D eigenvalue weighted by Gasteiger charge is 2.32. The van der Waals surface area contributed by atoms with E-state index in [1.54, 1.807) is 29.4 Å². The van der Waals surface area contributed by atoms with Crippen LogP contribution in [-0.2, 0) is 9.59 Å². The van der Waals surface area contributed by atoms with Gasteiger partial charge in [-0.25, -0.2) is 15.0 Å². The summed E-state index contributed by atoms with van der Waals surface area (Å²) in [5.74, 6) is 1.02. The molecule has 2 aliphatic rings. The number of anilines is 2. The van der Waals surface area contributed by atoms with Gasteiger partial charge in [-0.1, -0.05) is 26.0 Å². The number of rotatable bonds is 7. The van der Waals surface area contributed by atoms with E-state index in [-0.39, 0.29) is 17.7 Å². The number of nitrogens with zero attached hydrogens (tertiary/aromatic N) is 5. The zero-order valence-corrected chi connectivity index (χ0v) is 24.4. The minimum atomic E-state index is -0.577. The Morgan fingerprint density at radius 3 is 2.56 bits per heavy atom. The van der Waals surface area contributed by atoms with Gasteiger partial charge in [0.1, 0.15) is 28.7 Å². The Kier molecular flexibility index (Phi) is 7.79. The van der Waals surface area contributed by atoms with E-state index in [0.717, 1.165) is 24.2 Å². The fourth-order valence-electron chi connectivity index (χ4n) is 5.62. The molecule has 1 unspecified atom stereocenters. The highest BCUT2D eigenvalue weighted by Crippen LogP contribution is 2.40. The van der Waals surface area contributed by atoms with Crippen LogP contribution in [0.3, 0.4) is 0 Å². The van der Waals surface area contributed by atoms with Gasteiger partial charge in [-0.2, -0.15) is 0 Å². The summed E-state index contributed by atoms with van der Waals surface area (Å²) in [6.45, 7) is 5.32. The van der Waals surface area contributed by atoms with Crippen LogP contribution in [0.15, 0.2) is 55.0 Å². The third-order valence-corrected chi connectivity index (χ3v) is 8.04. The van der Waals surface area contributed by atoms with Crippen LogP contribution in [0, 0.1) is 5.92 Å². The predicted octanol–water partition coefficient (Wildman–Crippen LogP) is 3.98. The molecule has 0 bridgehead atoms. The van der Waals surface area contributed by atoms with E-state index in [4.69, 9.17) is 10.7 Å². The van der Waals surface area contributed by atoms with Crippen molar-refractivity contribution in [2.45, 2.75) is 51.4 Å². The average Bonchev–Trinajstić information content (AvgIpc) is 3.80. The number of piperidine rings is 1. The third-order valence-electron chi connectivity index (χ3n) is 8.04. The van der Waals surface area contributed by atoms with E-state index in [1.165, 1.54) is 18.4 Å². The molecule has 0 spiro atoms. The summed E-state index contributed by atoms with van der Waals surface area (Å²) >= 11 is 0. The Labute approximate surface area is 249 Å². The van der Waals surface area contributed by atoms with Crippen LogP contribution < -0.4 is 16.4 Å². The maximum absolute atomic E-state index is 13.0. The van der Waals surface area contributed by atoms with Gasteiger partial charge in [-0.3, -0.25) is 18.8 Å². The van der Waals surface area contributed by atoms with Gasteiger partial charge < -0.3 is 21.3 Å². The van der Waals surface area contributed by atoms with Gasteiger partial charge in [-0.15, -0.1) is 0 Å². The average molecular weight is 581 g/mol. The van der Waals surface area contributed by atoms with Crippen LogP contribution in [0.1, 0.15) is 73.1 Å². The molecular formula is C32H36N8O3. The van der Waals surface area contributed by atoms with E-state index in [9.17, 15) is 14.4 Å². The van der Waals surface area contributed by atoms with E-state index >= 15 is 0 Å². The Hall–Kier alpha value is -4.80. The standard InChI is InChI=1S/C32H36N8O3/c1-19(2)17-36-31(42)32(43)39-14-3-4-24(18-39)29-38-26(27-28(33)35-13-15-40(27)29)21-7-9-22(10-8-21)30(41)37-25-16-23(11-12-34-25)20-5-6-20/h7-13,15-16,19-20,24H,3-6,14,17-18H2,1-2H3,(H2,33,35)(H,36,42)(H,34,37,41). The lowest BCUT2D eigenvalue weighted by molar-refractivity contribution is -0.146. The second-order valence-electron chi connectivity index (χ2n) is 11.8. The number of pyridine rings is 1. The molecule has 4 aromatic rings. The van der Waals surface area contributed by atoms with Crippen LogP contribution in [0.2, 0.25) is 0 Å². The molecule has 4 N–H and O–H groups in total. The molecule has 43 heavy (non-hydrogen) atoms. The van der Waals surface area contributed by atoms with Crippen molar-refractivity contribution in [1.29, 1.82) is 0 Å². The van der Waals surface area contributed by atoms with Gasteiger partial charge in [0.25, 0.3) is 5.91 Å². The fraction of sp³-hybridized carbons (Fsp3) is 0.375. The number of amides is 3. The molecule has 3 amide bonds. The number of hydrogen-bond acceptors (Lipinski definition) is 7. The van der Waals surface area contributed by atoms with Crippen LogP contribution in [-0.4, -0.2) is 61.6 Å². The number of nitrogen functional groups attached to an aromatic ring is 1. The zero-order valence-electron chi connectivity index (χ0n) is 24.4. The molecule has 1 aromatic carbocycles. The summed E-state index contributed by atoms with van der Waals surface area (Å²) in [7, 11) is 0. The second kappa shape index (κ2) is 11.8. The number of imidazole rings is 1. The number of carbonyl (C=O) groups excluding carboxylic acids is 3. The molecule has 6 rings (SSSR count). The monoisotopic (exact) mass is 580 g/mol. The number of aromatic nitrogens is 4. The van der Waals surface area contributed by atoms with Crippen molar-refractivity contribution in [1.82, 2.24) is 29.6 Å². The first-order valence-electron chi connectivity index (χ1n) is 14.9. The first kappa shape index (κ1) is 28.3. The van der Waals surface area contributed by atoms with Gasteiger partial charge in [0.2, 0.25) is 0 Å². The number of nitrogens with two attached hydrogens (primary N) is 1. The first-order valence-corrected chi connectivity index (χ1v) is 14.9. The summed E-state index contributed by atoms with van der Waals surface area (Å²) in [5, 5.41) is 5.62. The number of carbonyl (C=O) groups is 3. The number of nitrogens with one attached hydrogen (secondary N) is 2. The van der Waals surface area contributed by atoms with Crippen LogP contribution in [0.25, 0.3) is 16.8 Å². The molecule has 2 fully saturated rings. The Morgan fingerprint density at radius 2 is 1.81 bits per heavy atom. The minimum Gasteiger partial charge on any atom is -0.382 e. The number of benzene rings is 1. The van der Waals surface area contributed by atoms with Crippen molar-refractivity contribution >= 4 is 34.9 Å². The highest BCUT2D eigenvalue weighted by atomic mass is 16.2. The van der Waals surface area contributed by atoms with Crippen LogP contribution in [0.5, 0.6) is 0 Å². The number of fused-ring (bicyclic) bond motifs is 1. The largest absolute Gasteiger partial charge is 0.382 e. The minimum absolute atomic E-state index is 0.0948. The SMILES string of the molecule is CC(C)CNC(=O)C(=O)N1CCCC(c2nc(-c3ccc(C(=O)Nc4cc(C5CC5)ccn4)cc3)c3c(N)nccn23)C1. The fourth-order valence-corrected chi connectivity index (χ4v) is 5.62. The van der Waals surface area contributed by atoms with Gasteiger partial charge in [0.15, 0.2) is 0 Å². The highest BCUT2D eigenvalue weighted by molar-refractivity contribution is 6.35. The molecule has 222 valence electrons. The molecule has 1 saturated carbocycles. The number of likely N-dealkylation sites (tertiary alicyclic amines) is 1. The van der Waals surface area contributed by atoms with Crippen molar-refractivity contribution < 1.29 is 14.4 Å². The molecule has 1 atom stereocenters. The summed E-state index contributed by atoms with van der Waals surface area (Å²) in [6.07, 6.45) is 9.09. The normalized spacial score (nSPS) is 16.8. The van der Waals surface area contributed by atoms with Crippen molar-refractivity contribution in [3.63, 3.8) is 0 Å². The van der Waals surface area contributed by atoms with Crippen molar-refractivity contribution in [2.75, 3.05) is 30.7 Å². The molecule has 3 aromatic heterocycles. The third kappa shape index (κ3) is 6.06. The van der Waals surface area contributed by atoms with Gasteiger partial charge >= 0.3 is 11.8 Å². The molecule has 11 heteroatoms. The lowest BCUT2D eigenvalue weighted by Crippen LogP contribution is -2.47. The molecule has 11 nitrogen and oxygen atoms in total. The van der Waals surface area contributed by atoms with Gasteiger partial charge in [-0.05, 0) is 67.3 Å². The lowest BCUT2D eigenvalue weighted by atomic mass is 9.97. The molecule has 4 heterocycles. The van der Waals surface area contributed by atoms with E-state index in [0.29, 0.717) is 54.0 Å². The van der Waals surface area contributed by atoms with E-state index in [1.807, 2.05) is 48.7 Å². The molecule has 0 radical (unpaired) electrons. The maximum Gasteiger partial charge on any atom is 0.311 e. The molecular weight excluding hydrogens is 544 g/mol. The van der Waals surface area contributed by atoms with Crippen LogP contribution >= 0.6 is 0 Å². The Bertz CT molecular complexity index is 1680. The maximum atomic E-state index is 13.0. The summed E-state index contributed by atoms with van der Waals surface area (Å²) in [5.41, 5.74) is 10.1. The molecule has 1 aliphatic carbocycles. The molecule has 1 saturated heterocycles. The summed E-state index contributed by atoms with van der Waals surface area (Å²) < 4.78 is 1.92. The van der Waals surface area contributed by atoms with Gasteiger partial charge in [0.05, 0.1) is 0 Å². The predicted molar refractivity (Wildman–Crippen MR) is 163 cm³/mol. The second-order valence-corrected chi connectivity index (χ2v) is 11.8. The smallest absolute Gasteiger partial charge is 0.311 e. The summed E-state index contributed by atoms with van der Waals surface area (Å²) in [4.78, 5) is 53.6. The first-order chi connectivity index (χ1) is 20.8. The number of hydrogen-bond donors (Lipinski definition) is 3. The Balaban J connectivity index is 1.23. The summed E-state index contributed by atoms with van der Waals surface area (Å²) in [6, 6.07) is 11.1. The lowest BCUT2D eigenvalue weighted by Gasteiger charge is -2.31. The van der Waals surface area contributed by atoms with Crippen molar-refractivity contribution in [3.8, 4) is 11.3 Å². The topological polar surface area (TPSA) is 148 Å². The van der Waals surface area contributed by atoms with Crippen molar-refractivity contribution in [2.24, 2.45) is 5.92 Å². The zero-order chi connectivity index (χ0) is 30.1. The van der Waals surface area contributed by atoms with Gasteiger partial charge in [0, 0.05) is 55.3 Å². The van der Waals surface area contributed by atoms with Crippen LogP contribution in [0.4, 0.5) is 11.6 Å². The van der Waals surface area contributed by atoms with Crippen molar-refractivity contribution in [3.05, 3.63) is 71.9 Å². The quantitative estimate of drug-likeness (QED) is 0.280. The van der Waals surface area contributed by atoms with E-state index in [2.05, 4.69) is 20.6 Å². The van der Waals surface area contributed by atoms with E-state index < -0.39 is 11.8 Å².